The molecule has 0 bridgehead atoms. The lowest BCUT2D eigenvalue weighted by Gasteiger charge is -2.12. The molecular formula is C22H20N4O2. The molecule has 140 valence electrons. The largest absolute Gasteiger partial charge is 0.491 e. The van der Waals surface area contributed by atoms with E-state index in [4.69, 9.17) is 4.74 Å². The zero-order chi connectivity index (χ0) is 19.3. The van der Waals surface area contributed by atoms with Crippen molar-refractivity contribution in [3.05, 3.63) is 94.9 Å². The molecule has 0 aliphatic carbocycles. The van der Waals surface area contributed by atoms with E-state index in [2.05, 4.69) is 22.3 Å². The lowest BCUT2D eigenvalue weighted by Crippen LogP contribution is -2.19. The van der Waals surface area contributed by atoms with Gasteiger partial charge in [-0.25, -0.2) is 4.68 Å². The van der Waals surface area contributed by atoms with Gasteiger partial charge in [0.25, 0.3) is 5.43 Å². The first-order valence-electron chi connectivity index (χ1n) is 9.06. The number of aromatic nitrogens is 4. The Balaban J connectivity index is 1.74. The molecule has 2 aromatic heterocycles. The van der Waals surface area contributed by atoms with Crippen molar-refractivity contribution in [3.63, 3.8) is 0 Å². The SMILES string of the molecule is COc1cn(CCc2ccccc2)nc(-c2ccnn2-c2ccccc2)c1=O. The van der Waals surface area contributed by atoms with Gasteiger partial charge in [-0.2, -0.15) is 10.2 Å². The maximum absolute atomic E-state index is 12.9. The van der Waals surface area contributed by atoms with Crippen LogP contribution >= 0.6 is 0 Å². The van der Waals surface area contributed by atoms with Gasteiger partial charge in [0.15, 0.2) is 11.4 Å². The fourth-order valence-corrected chi connectivity index (χ4v) is 3.09. The normalized spacial score (nSPS) is 10.8. The van der Waals surface area contributed by atoms with Crippen molar-refractivity contribution < 1.29 is 4.74 Å². The van der Waals surface area contributed by atoms with E-state index in [1.807, 2.05) is 48.5 Å². The minimum Gasteiger partial charge on any atom is -0.491 e. The molecule has 0 unspecified atom stereocenters. The van der Waals surface area contributed by atoms with Gasteiger partial charge in [-0.05, 0) is 30.2 Å². The number of para-hydroxylation sites is 1. The quantitative estimate of drug-likeness (QED) is 0.521. The Morgan fingerprint density at radius 3 is 2.39 bits per heavy atom. The van der Waals surface area contributed by atoms with Crippen LogP contribution in [0.1, 0.15) is 5.56 Å². The third-order valence-corrected chi connectivity index (χ3v) is 4.51. The Morgan fingerprint density at radius 1 is 0.964 bits per heavy atom. The second-order valence-electron chi connectivity index (χ2n) is 6.34. The molecular weight excluding hydrogens is 352 g/mol. The van der Waals surface area contributed by atoms with Crippen LogP contribution in [0.15, 0.2) is 83.9 Å². The van der Waals surface area contributed by atoms with Gasteiger partial charge in [0.2, 0.25) is 0 Å². The van der Waals surface area contributed by atoms with Crippen LogP contribution in [-0.2, 0) is 13.0 Å². The molecule has 6 nitrogen and oxygen atoms in total. The lowest BCUT2D eigenvalue weighted by atomic mass is 10.1. The van der Waals surface area contributed by atoms with Gasteiger partial charge in [0.1, 0.15) is 0 Å². The number of benzene rings is 2. The predicted molar refractivity (Wildman–Crippen MR) is 108 cm³/mol. The fraction of sp³-hybridized carbons (Fsp3) is 0.136. The molecule has 0 saturated heterocycles. The molecule has 0 radical (unpaired) electrons. The molecule has 0 amide bonds. The maximum atomic E-state index is 12.9. The van der Waals surface area contributed by atoms with Crippen molar-refractivity contribution >= 4 is 0 Å². The molecule has 4 aromatic rings. The van der Waals surface area contributed by atoms with Gasteiger partial charge in [-0.1, -0.05) is 48.5 Å². The number of methoxy groups -OCH3 is 1. The zero-order valence-corrected chi connectivity index (χ0v) is 15.5. The van der Waals surface area contributed by atoms with Crippen molar-refractivity contribution in [2.75, 3.05) is 7.11 Å². The summed E-state index contributed by atoms with van der Waals surface area (Å²) in [5.74, 6) is 0.263. The second-order valence-corrected chi connectivity index (χ2v) is 6.34. The first-order valence-corrected chi connectivity index (χ1v) is 9.06. The van der Waals surface area contributed by atoms with E-state index in [0.717, 1.165) is 12.1 Å². The average Bonchev–Trinajstić information content (AvgIpc) is 3.24. The molecule has 0 atom stereocenters. The van der Waals surface area contributed by atoms with Crippen molar-refractivity contribution in [1.82, 2.24) is 19.6 Å². The summed E-state index contributed by atoms with van der Waals surface area (Å²) in [4.78, 5) is 12.9. The van der Waals surface area contributed by atoms with Crippen LogP contribution in [-0.4, -0.2) is 26.7 Å². The number of ether oxygens (including phenoxy) is 1. The summed E-state index contributed by atoms with van der Waals surface area (Å²) in [7, 11) is 1.50. The van der Waals surface area contributed by atoms with E-state index in [1.54, 1.807) is 27.8 Å². The third-order valence-electron chi connectivity index (χ3n) is 4.51. The molecule has 2 aromatic carbocycles. The fourth-order valence-electron chi connectivity index (χ4n) is 3.09. The Hall–Kier alpha value is -3.67. The Labute approximate surface area is 162 Å². The van der Waals surface area contributed by atoms with Crippen molar-refractivity contribution in [2.24, 2.45) is 0 Å². The molecule has 0 aliphatic heterocycles. The van der Waals surface area contributed by atoms with E-state index < -0.39 is 0 Å². The number of nitrogens with zero attached hydrogens (tertiary/aromatic N) is 4. The molecule has 28 heavy (non-hydrogen) atoms. The first-order chi connectivity index (χ1) is 13.8. The van der Waals surface area contributed by atoms with Crippen LogP contribution in [0.3, 0.4) is 0 Å². The van der Waals surface area contributed by atoms with Crippen LogP contribution < -0.4 is 10.2 Å². The Bertz CT molecular complexity index is 1120. The summed E-state index contributed by atoms with van der Waals surface area (Å²) in [5, 5.41) is 8.96. The van der Waals surface area contributed by atoms with Gasteiger partial charge in [0.05, 0.1) is 30.9 Å². The van der Waals surface area contributed by atoms with E-state index in [0.29, 0.717) is 17.9 Å². The summed E-state index contributed by atoms with van der Waals surface area (Å²) in [6.45, 7) is 0.632. The molecule has 0 fully saturated rings. The molecule has 2 heterocycles. The summed E-state index contributed by atoms with van der Waals surface area (Å²) >= 11 is 0. The molecule has 6 heteroatoms. The number of aryl methyl sites for hydroxylation is 2. The number of hydrogen-bond donors (Lipinski definition) is 0. The van der Waals surface area contributed by atoms with Gasteiger partial charge in [0, 0.05) is 6.54 Å². The second kappa shape index (κ2) is 7.92. The number of hydrogen-bond acceptors (Lipinski definition) is 4. The highest BCUT2D eigenvalue weighted by atomic mass is 16.5. The van der Waals surface area contributed by atoms with Gasteiger partial charge < -0.3 is 4.74 Å². The molecule has 0 saturated carbocycles. The van der Waals surface area contributed by atoms with Crippen molar-refractivity contribution in [1.29, 1.82) is 0 Å². The van der Waals surface area contributed by atoms with Crippen LogP contribution in [0.25, 0.3) is 17.1 Å². The highest BCUT2D eigenvalue weighted by molar-refractivity contribution is 5.58. The molecule has 0 spiro atoms. The van der Waals surface area contributed by atoms with Crippen LogP contribution in [0.4, 0.5) is 0 Å². The van der Waals surface area contributed by atoms with Gasteiger partial charge >= 0.3 is 0 Å². The molecule has 0 N–H and O–H groups in total. The number of rotatable bonds is 6. The standard InChI is InChI=1S/C22H20N4O2/c1-28-20-16-25(15-13-17-8-4-2-5-9-17)24-21(22(20)27)19-12-14-23-26(19)18-10-6-3-7-11-18/h2-12,14,16H,13,15H2,1H3. The zero-order valence-electron chi connectivity index (χ0n) is 15.5. The van der Waals surface area contributed by atoms with Crippen LogP contribution in [0.5, 0.6) is 5.75 Å². The van der Waals surface area contributed by atoms with Gasteiger partial charge in [-0.15, -0.1) is 0 Å². The van der Waals surface area contributed by atoms with Crippen molar-refractivity contribution in [2.45, 2.75) is 13.0 Å². The highest BCUT2D eigenvalue weighted by Gasteiger charge is 2.17. The predicted octanol–water partition coefficient (Wildman–Crippen LogP) is 3.35. The van der Waals surface area contributed by atoms with Crippen molar-refractivity contribution in [3.8, 4) is 22.8 Å². The van der Waals surface area contributed by atoms with Crippen LogP contribution in [0, 0.1) is 0 Å². The van der Waals surface area contributed by atoms with E-state index in [9.17, 15) is 4.79 Å². The maximum Gasteiger partial charge on any atom is 0.251 e. The lowest BCUT2D eigenvalue weighted by molar-refractivity contribution is 0.400. The molecule has 0 aliphatic rings. The summed E-state index contributed by atoms with van der Waals surface area (Å²) in [6, 6.07) is 21.6. The topological polar surface area (TPSA) is 61.9 Å². The average molecular weight is 372 g/mol. The monoisotopic (exact) mass is 372 g/mol. The summed E-state index contributed by atoms with van der Waals surface area (Å²) in [6.07, 6.45) is 4.12. The summed E-state index contributed by atoms with van der Waals surface area (Å²) < 4.78 is 8.79. The van der Waals surface area contributed by atoms with Crippen LogP contribution in [0.2, 0.25) is 0 Å². The molecule has 4 rings (SSSR count). The van der Waals surface area contributed by atoms with Gasteiger partial charge in [-0.3, -0.25) is 9.48 Å². The highest BCUT2D eigenvalue weighted by Crippen LogP contribution is 2.19. The van der Waals surface area contributed by atoms with E-state index in [-0.39, 0.29) is 11.2 Å². The first kappa shape index (κ1) is 17.7. The third kappa shape index (κ3) is 3.57. The Kier molecular flexibility index (Phi) is 5.01. The smallest absolute Gasteiger partial charge is 0.251 e. The minimum absolute atomic E-state index is 0.254. The Morgan fingerprint density at radius 2 is 1.68 bits per heavy atom. The van der Waals surface area contributed by atoms with E-state index >= 15 is 0 Å². The summed E-state index contributed by atoms with van der Waals surface area (Å²) in [5.41, 5.74) is 2.76. The minimum atomic E-state index is -0.254. The van der Waals surface area contributed by atoms with E-state index in [1.165, 1.54) is 12.7 Å².